The summed E-state index contributed by atoms with van der Waals surface area (Å²) in [4.78, 5) is 34.0. The van der Waals surface area contributed by atoms with Gasteiger partial charge in [0.15, 0.2) is 0 Å². The van der Waals surface area contributed by atoms with Crippen LogP contribution in [0.2, 0.25) is 0 Å². The molecule has 0 amide bonds. The number of hydrogen-bond acceptors (Lipinski definition) is 8. The summed E-state index contributed by atoms with van der Waals surface area (Å²) < 4.78 is 22.9. The third kappa shape index (κ3) is 25.1. The molecule has 0 aliphatic carbocycles. The molecule has 0 atom stereocenters. The third-order valence-electron chi connectivity index (χ3n) is 11.4. The average Bonchev–Trinajstić information content (AvgIpc) is 3.32. The Kier molecular flexibility index (Phi) is 27.5. The number of carbonyl (C=O) groups is 2. The van der Waals surface area contributed by atoms with Gasteiger partial charge in [0, 0.05) is 25.3 Å². The van der Waals surface area contributed by atoms with E-state index in [1.807, 2.05) is 72.8 Å². The largest absolute Gasteiger partial charge is 0.494 e. The van der Waals surface area contributed by atoms with E-state index in [4.69, 9.17) is 18.9 Å². The Morgan fingerprint density at radius 2 is 0.662 bits per heavy atom. The summed E-state index contributed by atoms with van der Waals surface area (Å²) in [5, 5.41) is 0. The summed E-state index contributed by atoms with van der Waals surface area (Å²) in [6, 6.07) is 30.2. The number of aliphatic imine (C=N–C) groups is 2. The topological polar surface area (TPSA) is 95.8 Å². The van der Waals surface area contributed by atoms with Crippen molar-refractivity contribution < 1.29 is 28.5 Å². The molecule has 0 saturated heterocycles. The second-order valence-corrected chi connectivity index (χ2v) is 17.2. The normalized spacial score (nSPS) is 11.4. The summed E-state index contributed by atoms with van der Waals surface area (Å²) in [6.45, 7) is 6.02. The lowest BCUT2D eigenvalue weighted by molar-refractivity contribution is -0.134. The Labute approximate surface area is 391 Å². The molecular weight excluding hydrogens is 809 g/mol. The van der Waals surface area contributed by atoms with E-state index in [9.17, 15) is 9.59 Å². The van der Waals surface area contributed by atoms with Crippen molar-refractivity contribution in [2.45, 2.75) is 174 Å². The van der Waals surface area contributed by atoms with Crippen LogP contribution in [0.5, 0.6) is 23.0 Å². The second-order valence-electron chi connectivity index (χ2n) is 17.2. The fourth-order valence-corrected chi connectivity index (χ4v) is 7.44. The smallest absolute Gasteiger partial charge is 0.311 e. The minimum atomic E-state index is -0.297. The van der Waals surface area contributed by atoms with Crippen molar-refractivity contribution in [2.75, 3.05) is 13.2 Å². The molecule has 8 heteroatoms. The fourth-order valence-electron chi connectivity index (χ4n) is 7.44. The molecule has 0 bridgehead atoms. The second kappa shape index (κ2) is 34.2. The van der Waals surface area contributed by atoms with E-state index in [-0.39, 0.29) is 24.8 Å². The molecule has 0 fully saturated rings. The van der Waals surface area contributed by atoms with Crippen molar-refractivity contribution >= 4 is 35.7 Å². The van der Waals surface area contributed by atoms with Crippen molar-refractivity contribution in [2.24, 2.45) is 9.98 Å². The van der Waals surface area contributed by atoms with Crippen LogP contribution >= 0.6 is 0 Å². The summed E-state index contributed by atoms with van der Waals surface area (Å²) in [5.74, 6) is 2.12. The lowest BCUT2D eigenvalue weighted by Crippen LogP contribution is -2.09. The molecule has 0 aliphatic rings. The minimum Gasteiger partial charge on any atom is -0.494 e. The van der Waals surface area contributed by atoms with Crippen LogP contribution in [0.4, 0.5) is 11.4 Å². The lowest BCUT2D eigenvalue weighted by Gasteiger charge is -2.07. The predicted octanol–water partition coefficient (Wildman–Crippen LogP) is 16.2. The van der Waals surface area contributed by atoms with Crippen LogP contribution in [0.3, 0.4) is 0 Å². The van der Waals surface area contributed by atoms with Crippen LogP contribution in [-0.2, 0) is 9.59 Å². The molecule has 0 aliphatic heterocycles. The van der Waals surface area contributed by atoms with E-state index >= 15 is 0 Å². The highest BCUT2D eigenvalue weighted by Crippen LogP contribution is 2.22. The van der Waals surface area contributed by atoms with Crippen molar-refractivity contribution in [1.29, 1.82) is 0 Å². The highest BCUT2D eigenvalue weighted by molar-refractivity contribution is 5.83. The summed E-state index contributed by atoms with van der Waals surface area (Å²) >= 11 is 0. The van der Waals surface area contributed by atoms with Crippen molar-refractivity contribution in [3.05, 3.63) is 108 Å². The Morgan fingerprint density at radius 1 is 0.369 bits per heavy atom. The number of carbonyl (C=O) groups excluding carboxylic acids is 2. The SMILES string of the molecule is CCCCCCCCCCCCOc1ccc(N=Cc2ccc(OC(=O)CCCCCC(=O)Oc3ccc(C=Nc4ccc(OCCCCCCCCCCCC)cc4)cc3)cc2)cc1. The van der Waals surface area contributed by atoms with E-state index in [0.717, 1.165) is 60.1 Å². The molecule has 0 spiro atoms. The summed E-state index contributed by atoms with van der Waals surface area (Å²) in [5.41, 5.74) is 3.49. The lowest BCUT2D eigenvalue weighted by atomic mass is 10.1. The van der Waals surface area contributed by atoms with E-state index in [2.05, 4.69) is 23.8 Å². The Balaban J connectivity index is 0.999. The predicted molar refractivity (Wildman–Crippen MR) is 269 cm³/mol. The fraction of sp³-hybridized carbons (Fsp3) is 0.509. The molecule has 8 nitrogen and oxygen atoms in total. The number of ether oxygens (including phenoxy) is 4. The van der Waals surface area contributed by atoms with Gasteiger partial charge in [-0.25, -0.2) is 0 Å². The van der Waals surface area contributed by atoms with Gasteiger partial charge in [0.1, 0.15) is 23.0 Å². The molecule has 0 saturated carbocycles. The van der Waals surface area contributed by atoms with Gasteiger partial charge in [0.2, 0.25) is 0 Å². The molecule has 0 N–H and O–H groups in total. The van der Waals surface area contributed by atoms with E-state index in [1.54, 1.807) is 36.7 Å². The van der Waals surface area contributed by atoms with Gasteiger partial charge < -0.3 is 18.9 Å². The molecule has 0 aromatic heterocycles. The first-order valence-corrected chi connectivity index (χ1v) is 25.2. The highest BCUT2D eigenvalue weighted by Gasteiger charge is 2.08. The number of unbranched alkanes of at least 4 members (excludes halogenated alkanes) is 20. The van der Waals surface area contributed by atoms with Gasteiger partial charge in [-0.2, -0.15) is 0 Å². The standard InChI is InChI=1S/C57H78N2O6/c1-3-5-7-9-11-13-15-17-19-24-44-62-52-40-32-50(33-41-52)58-46-48-28-36-54(37-29-48)64-56(60)26-22-21-23-27-57(61)65-55-38-30-49(31-39-55)47-59-51-34-42-53(43-35-51)63-45-25-20-18-16-14-12-10-8-6-4-2/h28-43,46-47H,3-27,44-45H2,1-2H3. The van der Waals surface area contributed by atoms with Gasteiger partial charge in [-0.05, 0) is 134 Å². The summed E-state index contributed by atoms with van der Waals surface area (Å²) in [6.07, 6.45) is 32.3. The number of rotatable bonds is 36. The molecule has 0 heterocycles. The van der Waals surface area contributed by atoms with E-state index < -0.39 is 0 Å². The maximum Gasteiger partial charge on any atom is 0.311 e. The quantitative estimate of drug-likeness (QED) is 0.0195. The zero-order valence-corrected chi connectivity index (χ0v) is 39.8. The van der Waals surface area contributed by atoms with Crippen LogP contribution < -0.4 is 18.9 Å². The molecule has 65 heavy (non-hydrogen) atoms. The first kappa shape index (κ1) is 52.4. The zero-order chi connectivity index (χ0) is 45.8. The van der Waals surface area contributed by atoms with Crippen LogP contribution in [-0.4, -0.2) is 37.6 Å². The monoisotopic (exact) mass is 887 g/mol. The van der Waals surface area contributed by atoms with Gasteiger partial charge in [-0.1, -0.05) is 136 Å². The highest BCUT2D eigenvalue weighted by atomic mass is 16.5. The molecular formula is C57H78N2O6. The minimum absolute atomic E-state index is 0.275. The number of benzene rings is 4. The van der Waals surface area contributed by atoms with Crippen LogP contribution in [0, 0.1) is 0 Å². The van der Waals surface area contributed by atoms with Crippen LogP contribution in [0.25, 0.3) is 0 Å². The van der Waals surface area contributed by atoms with Crippen molar-refractivity contribution in [3.63, 3.8) is 0 Å². The van der Waals surface area contributed by atoms with E-state index in [1.165, 1.54) is 116 Å². The van der Waals surface area contributed by atoms with Gasteiger partial charge in [-0.3, -0.25) is 19.6 Å². The molecule has 4 rings (SSSR count). The zero-order valence-electron chi connectivity index (χ0n) is 39.8. The average molecular weight is 887 g/mol. The number of esters is 2. The van der Waals surface area contributed by atoms with E-state index in [0.29, 0.717) is 30.8 Å². The van der Waals surface area contributed by atoms with Crippen molar-refractivity contribution in [1.82, 2.24) is 0 Å². The van der Waals surface area contributed by atoms with Crippen LogP contribution in [0.15, 0.2) is 107 Å². The van der Waals surface area contributed by atoms with Gasteiger partial charge in [0.05, 0.1) is 24.6 Å². The molecule has 0 radical (unpaired) electrons. The van der Waals surface area contributed by atoms with Gasteiger partial charge in [-0.15, -0.1) is 0 Å². The Hall–Kier alpha value is -5.24. The van der Waals surface area contributed by atoms with Crippen LogP contribution in [0.1, 0.15) is 185 Å². The maximum atomic E-state index is 12.5. The van der Waals surface area contributed by atoms with Gasteiger partial charge >= 0.3 is 11.9 Å². The third-order valence-corrected chi connectivity index (χ3v) is 11.4. The molecule has 4 aromatic carbocycles. The summed E-state index contributed by atoms with van der Waals surface area (Å²) in [7, 11) is 0. The number of nitrogens with zero attached hydrogens (tertiary/aromatic N) is 2. The first-order valence-electron chi connectivity index (χ1n) is 25.2. The molecule has 352 valence electrons. The van der Waals surface area contributed by atoms with Crippen molar-refractivity contribution in [3.8, 4) is 23.0 Å². The Morgan fingerprint density at radius 3 is 1.00 bits per heavy atom. The Bertz CT molecular complexity index is 1750. The number of hydrogen-bond donors (Lipinski definition) is 0. The van der Waals surface area contributed by atoms with Gasteiger partial charge in [0.25, 0.3) is 0 Å². The maximum absolute atomic E-state index is 12.5. The molecule has 4 aromatic rings. The first-order chi connectivity index (χ1) is 32.0. The molecule has 0 unspecified atom stereocenters.